The molecule has 0 amide bonds. The van der Waals surface area contributed by atoms with Crippen LogP contribution in [0.3, 0.4) is 0 Å². The Morgan fingerprint density at radius 3 is 2.53 bits per heavy atom. The van der Waals surface area contributed by atoms with Gasteiger partial charge in [-0.05, 0) is 45.7 Å². The van der Waals surface area contributed by atoms with Gasteiger partial charge in [0, 0.05) is 18.4 Å². The SMILES string of the molecule is CC(C)C(C)N(C)CCC1CCCC1=O. The van der Waals surface area contributed by atoms with Gasteiger partial charge in [-0.25, -0.2) is 0 Å². The summed E-state index contributed by atoms with van der Waals surface area (Å²) in [4.78, 5) is 13.9. The van der Waals surface area contributed by atoms with E-state index in [0.717, 1.165) is 32.2 Å². The first-order chi connectivity index (χ1) is 7.02. The molecule has 88 valence electrons. The predicted octanol–water partition coefficient (Wildman–Crippen LogP) is 2.72. The summed E-state index contributed by atoms with van der Waals surface area (Å²) in [6.07, 6.45) is 4.14. The highest BCUT2D eigenvalue weighted by atomic mass is 16.1. The van der Waals surface area contributed by atoms with E-state index < -0.39 is 0 Å². The summed E-state index contributed by atoms with van der Waals surface area (Å²) >= 11 is 0. The van der Waals surface area contributed by atoms with Gasteiger partial charge in [-0.15, -0.1) is 0 Å². The van der Waals surface area contributed by atoms with Crippen molar-refractivity contribution < 1.29 is 4.79 Å². The Balaban J connectivity index is 2.27. The zero-order valence-corrected chi connectivity index (χ0v) is 10.6. The molecule has 1 aliphatic rings. The first-order valence-electron chi connectivity index (χ1n) is 6.25. The summed E-state index contributed by atoms with van der Waals surface area (Å²) in [5, 5.41) is 0. The third-order valence-corrected chi connectivity index (χ3v) is 3.92. The molecular weight excluding hydrogens is 186 g/mol. The van der Waals surface area contributed by atoms with Gasteiger partial charge in [0.05, 0.1) is 0 Å². The minimum Gasteiger partial charge on any atom is -0.303 e. The van der Waals surface area contributed by atoms with Gasteiger partial charge < -0.3 is 4.90 Å². The van der Waals surface area contributed by atoms with E-state index in [1.54, 1.807) is 0 Å². The van der Waals surface area contributed by atoms with Gasteiger partial charge in [-0.1, -0.05) is 13.8 Å². The fourth-order valence-corrected chi connectivity index (χ4v) is 2.27. The molecule has 0 aromatic carbocycles. The third kappa shape index (κ3) is 3.60. The summed E-state index contributed by atoms with van der Waals surface area (Å²) in [6, 6.07) is 0.613. The highest BCUT2D eigenvalue weighted by Crippen LogP contribution is 2.24. The Bertz CT molecular complexity index is 213. The van der Waals surface area contributed by atoms with Gasteiger partial charge in [-0.2, -0.15) is 0 Å². The largest absolute Gasteiger partial charge is 0.303 e. The van der Waals surface area contributed by atoms with Crippen molar-refractivity contribution >= 4 is 5.78 Å². The molecule has 0 spiro atoms. The van der Waals surface area contributed by atoms with Gasteiger partial charge in [0.15, 0.2) is 0 Å². The molecule has 0 aliphatic heterocycles. The normalized spacial score (nSPS) is 24.1. The topological polar surface area (TPSA) is 20.3 Å². The summed E-state index contributed by atoms with van der Waals surface area (Å²) in [7, 11) is 2.17. The van der Waals surface area contributed by atoms with Crippen molar-refractivity contribution in [2.24, 2.45) is 11.8 Å². The lowest BCUT2D eigenvalue weighted by molar-refractivity contribution is -0.120. The molecule has 1 fully saturated rings. The van der Waals surface area contributed by atoms with Crippen LogP contribution in [0, 0.1) is 11.8 Å². The van der Waals surface area contributed by atoms with E-state index in [-0.39, 0.29) is 0 Å². The molecule has 1 rings (SSSR count). The Hall–Kier alpha value is -0.370. The van der Waals surface area contributed by atoms with Crippen LogP contribution in [0.4, 0.5) is 0 Å². The van der Waals surface area contributed by atoms with Crippen molar-refractivity contribution in [2.45, 2.75) is 52.5 Å². The molecule has 0 radical (unpaired) electrons. The van der Waals surface area contributed by atoms with E-state index in [1.807, 2.05) is 0 Å². The van der Waals surface area contributed by atoms with Gasteiger partial charge in [0.2, 0.25) is 0 Å². The molecule has 0 bridgehead atoms. The fraction of sp³-hybridized carbons (Fsp3) is 0.923. The van der Waals surface area contributed by atoms with Gasteiger partial charge in [-0.3, -0.25) is 4.79 Å². The molecule has 0 heterocycles. The maximum absolute atomic E-state index is 11.5. The number of rotatable bonds is 5. The monoisotopic (exact) mass is 211 g/mol. The second-order valence-electron chi connectivity index (χ2n) is 5.31. The van der Waals surface area contributed by atoms with Crippen molar-refractivity contribution in [3.05, 3.63) is 0 Å². The van der Waals surface area contributed by atoms with Gasteiger partial charge >= 0.3 is 0 Å². The van der Waals surface area contributed by atoms with Crippen molar-refractivity contribution in [2.75, 3.05) is 13.6 Å². The number of ketones is 1. The van der Waals surface area contributed by atoms with Crippen LogP contribution in [-0.4, -0.2) is 30.3 Å². The highest BCUT2D eigenvalue weighted by molar-refractivity contribution is 5.82. The minimum atomic E-state index is 0.367. The van der Waals surface area contributed by atoms with Crippen LogP contribution in [0.5, 0.6) is 0 Å². The fourth-order valence-electron chi connectivity index (χ4n) is 2.27. The van der Waals surface area contributed by atoms with Crippen LogP contribution in [0.1, 0.15) is 46.5 Å². The average molecular weight is 211 g/mol. The smallest absolute Gasteiger partial charge is 0.136 e. The molecule has 15 heavy (non-hydrogen) atoms. The summed E-state index contributed by atoms with van der Waals surface area (Å²) in [5.74, 6) is 1.56. The number of carbonyl (C=O) groups is 1. The van der Waals surface area contributed by atoms with Crippen molar-refractivity contribution in [1.29, 1.82) is 0 Å². The first kappa shape index (κ1) is 12.7. The number of hydrogen-bond donors (Lipinski definition) is 0. The Kier molecular flexibility index (Phi) is 4.78. The molecule has 2 atom stereocenters. The van der Waals surface area contributed by atoms with Crippen molar-refractivity contribution in [3.63, 3.8) is 0 Å². The zero-order valence-electron chi connectivity index (χ0n) is 10.6. The van der Waals surface area contributed by atoms with E-state index >= 15 is 0 Å². The Morgan fingerprint density at radius 2 is 2.07 bits per heavy atom. The lowest BCUT2D eigenvalue weighted by Gasteiger charge is -2.28. The number of carbonyl (C=O) groups excluding carboxylic acids is 1. The van der Waals surface area contributed by atoms with E-state index in [0.29, 0.717) is 23.7 Å². The van der Waals surface area contributed by atoms with Crippen LogP contribution < -0.4 is 0 Å². The average Bonchev–Trinajstić information content (AvgIpc) is 2.59. The van der Waals surface area contributed by atoms with Crippen LogP contribution in [0.15, 0.2) is 0 Å². The Morgan fingerprint density at radius 1 is 1.40 bits per heavy atom. The van der Waals surface area contributed by atoms with Crippen LogP contribution in [-0.2, 0) is 4.79 Å². The standard InChI is InChI=1S/C13H25NO/c1-10(2)11(3)14(4)9-8-12-6-5-7-13(12)15/h10-12H,5-9H2,1-4H3. The lowest BCUT2D eigenvalue weighted by Crippen LogP contribution is -2.35. The van der Waals surface area contributed by atoms with Gasteiger partial charge in [0.1, 0.15) is 5.78 Å². The molecule has 0 aromatic heterocycles. The summed E-state index contributed by atoms with van der Waals surface area (Å²) in [6.45, 7) is 7.83. The molecule has 2 unspecified atom stereocenters. The number of hydrogen-bond acceptors (Lipinski definition) is 2. The molecule has 0 saturated heterocycles. The zero-order chi connectivity index (χ0) is 11.4. The molecular formula is C13H25NO. The molecule has 1 aliphatic carbocycles. The lowest BCUT2D eigenvalue weighted by atomic mass is 10.0. The second-order valence-corrected chi connectivity index (χ2v) is 5.31. The van der Waals surface area contributed by atoms with E-state index in [4.69, 9.17) is 0 Å². The Labute approximate surface area is 94.0 Å². The van der Waals surface area contributed by atoms with Crippen molar-refractivity contribution in [3.8, 4) is 0 Å². The minimum absolute atomic E-state index is 0.367. The van der Waals surface area contributed by atoms with Gasteiger partial charge in [0.25, 0.3) is 0 Å². The van der Waals surface area contributed by atoms with Crippen LogP contribution >= 0.6 is 0 Å². The highest BCUT2D eigenvalue weighted by Gasteiger charge is 2.24. The molecule has 1 saturated carbocycles. The molecule has 0 N–H and O–H groups in total. The molecule has 2 heteroatoms. The summed E-state index contributed by atoms with van der Waals surface area (Å²) < 4.78 is 0. The first-order valence-corrected chi connectivity index (χ1v) is 6.25. The third-order valence-electron chi connectivity index (χ3n) is 3.92. The molecule has 0 aromatic rings. The molecule has 2 nitrogen and oxygen atoms in total. The van der Waals surface area contributed by atoms with Crippen LogP contribution in [0.25, 0.3) is 0 Å². The van der Waals surface area contributed by atoms with E-state index in [1.165, 1.54) is 0 Å². The van der Waals surface area contributed by atoms with Crippen LogP contribution in [0.2, 0.25) is 0 Å². The predicted molar refractivity (Wildman–Crippen MR) is 63.9 cm³/mol. The quantitative estimate of drug-likeness (QED) is 0.697. The second kappa shape index (κ2) is 5.64. The van der Waals surface area contributed by atoms with E-state index in [2.05, 4.69) is 32.7 Å². The van der Waals surface area contributed by atoms with Crippen molar-refractivity contribution in [1.82, 2.24) is 4.90 Å². The number of nitrogens with zero attached hydrogens (tertiary/aromatic N) is 1. The van der Waals surface area contributed by atoms with E-state index in [9.17, 15) is 4.79 Å². The maximum Gasteiger partial charge on any atom is 0.136 e. The maximum atomic E-state index is 11.5. The summed E-state index contributed by atoms with van der Waals surface area (Å²) in [5.41, 5.74) is 0. The number of Topliss-reactive ketones (excluding diaryl/α,β-unsaturated/α-hetero) is 1.